The molecule has 4 rings (SSSR count). The maximum atomic E-state index is 12.6. The fourth-order valence-corrected chi connectivity index (χ4v) is 5.53. The van der Waals surface area contributed by atoms with Crippen molar-refractivity contribution in [2.24, 2.45) is 7.05 Å². The lowest BCUT2D eigenvalue weighted by atomic mass is 10.0. The minimum absolute atomic E-state index is 0.0566. The minimum atomic E-state index is -1.19. The van der Waals surface area contributed by atoms with Crippen LogP contribution in [0.1, 0.15) is 5.76 Å². The molecule has 30 heavy (non-hydrogen) atoms. The van der Waals surface area contributed by atoms with Gasteiger partial charge in [-0.1, -0.05) is 28.5 Å². The maximum Gasteiger partial charge on any atom is 0.352 e. The van der Waals surface area contributed by atoms with Crippen molar-refractivity contribution in [3.05, 3.63) is 28.2 Å². The van der Waals surface area contributed by atoms with Gasteiger partial charge in [0.15, 0.2) is 5.15 Å². The van der Waals surface area contributed by atoms with Crippen LogP contribution in [-0.2, 0) is 27.9 Å². The first-order valence-electron chi connectivity index (χ1n) is 8.50. The number of rotatable bonds is 7. The first-order valence-corrected chi connectivity index (χ1v) is 10.9. The van der Waals surface area contributed by atoms with E-state index in [4.69, 9.17) is 16.1 Å². The van der Waals surface area contributed by atoms with Gasteiger partial charge in [-0.15, -0.1) is 16.9 Å². The monoisotopic (exact) mass is 471 g/mol. The van der Waals surface area contributed by atoms with E-state index in [-0.39, 0.29) is 23.0 Å². The molecule has 0 saturated carbocycles. The van der Waals surface area contributed by atoms with Crippen LogP contribution in [0, 0.1) is 0 Å². The summed E-state index contributed by atoms with van der Waals surface area (Å²) in [4.78, 5) is 37.9. The maximum absolute atomic E-state index is 12.6. The van der Waals surface area contributed by atoms with Crippen LogP contribution in [-0.4, -0.2) is 76.1 Å². The van der Waals surface area contributed by atoms with Gasteiger partial charge in [-0.2, -0.15) is 0 Å². The van der Waals surface area contributed by atoms with Crippen molar-refractivity contribution in [3.8, 4) is 0 Å². The van der Waals surface area contributed by atoms with Gasteiger partial charge < -0.3 is 14.9 Å². The van der Waals surface area contributed by atoms with E-state index in [2.05, 4.69) is 26.0 Å². The molecule has 2 aliphatic rings. The Morgan fingerprint density at radius 2 is 2.30 bits per heavy atom. The normalized spacial score (nSPS) is 20.7. The minimum Gasteiger partial charge on any atom is -0.477 e. The fourth-order valence-electron chi connectivity index (χ4n) is 3.04. The number of nitrogens with one attached hydrogen (secondary N) is 1. The number of amides is 2. The number of carbonyl (C=O) groups is 3. The van der Waals surface area contributed by atoms with E-state index in [1.807, 2.05) is 0 Å². The van der Waals surface area contributed by atoms with Crippen molar-refractivity contribution in [3.63, 3.8) is 0 Å². The average molecular weight is 472 g/mol. The van der Waals surface area contributed by atoms with Crippen molar-refractivity contribution in [2.45, 2.75) is 23.0 Å². The number of nitrogens with zero attached hydrogens (tertiary/aromatic N) is 6. The van der Waals surface area contributed by atoms with Crippen LogP contribution in [0.5, 0.6) is 0 Å². The molecule has 2 atom stereocenters. The molecule has 2 N–H and O–H groups in total. The molecule has 1 saturated heterocycles. The summed E-state index contributed by atoms with van der Waals surface area (Å²) in [6.07, 6.45) is -0.129. The van der Waals surface area contributed by atoms with Crippen molar-refractivity contribution in [1.29, 1.82) is 0 Å². The zero-order valence-corrected chi connectivity index (χ0v) is 17.7. The Labute approximate surface area is 182 Å². The first-order chi connectivity index (χ1) is 14.3. The molecule has 4 heterocycles. The quantitative estimate of drug-likeness (QED) is 0.411. The van der Waals surface area contributed by atoms with E-state index in [1.54, 1.807) is 7.05 Å². The second-order valence-electron chi connectivity index (χ2n) is 6.38. The summed E-state index contributed by atoms with van der Waals surface area (Å²) >= 11 is 8.32. The smallest absolute Gasteiger partial charge is 0.352 e. The second-order valence-corrected chi connectivity index (χ2v) is 8.81. The number of aryl methyl sites for hydroxylation is 1. The topological polar surface area (TPSA) is 156 Å². The first kappa shape index (κ1) is 20.7. The zero-order chi connectivity index (χ0) is 21.4. The van der Waals surface area contributed by atoms with E-state index in [9.17, 15) is 19.5 Å². The Morgan fingerprint density at radius 3 is 2.93 bits per heavy atom. The number of β-lactam (4-membered cyclic amide) rings is 1. The third kappa shape index (κ3) is 3.89. The van der Waals surface area contributed by atoms with Crippen LogP contribution < -0.4 is 5.32 Å². The van der Waals surface area contributed by atoms with Crippen molar-refractivity contribution in [1.82, 2.24) is 35.6 Å². The van der Waals surface area contributed by atoms with E-state index < -0.39 is 29.2 Å². The van der Waals surface area contributed by atoms with Gasteiger partial charge in [0, 0.05) is 24.6 Å². The Bertz CT molecular complexity index is 1050. The summed E-state index contributed by atoms with van der Waals surface area (Å²) < 4.78 is 6.36. The van der Waals surface area contributed by atoms with Gasteiger partial charge in [-0.25, -0.2) is 9.48 Å². The number of aromatic nitrogens is 5. The molecule has 0 bridgehead atoms. The molecule has 158 valence electrons. The van der Waals surface area contributed by atoms with Gasteiger partial charge in [-0.3, -0.25) is 14.5 Å². The average Bonchev–Trinajstić information content (AvgIpc) is 3.31. The van der Waals surface area contributed by atoms with Gasteiger partial charge in [0.25, 0.3) is 5.91 Å². The SMILES string of the molecule is Cn1nnnc1SCC1=C(C(=O)O)N2C(=O)C(NC(=O)Cc3cc(Cl)no3)[C@H]2SC1. The van der Waals surface area contributed by atoms with Crippen LogP contribution in [0.15, 0.2) is 27.0 Å². The highest BCUT2D eigenvalue weighted by molar-refractivity contribution is 8.01. The Hall–Kier alpha value is -2.58. The number of aliphatic carboxylic acids is 1. The van der Waals surface area contributed by atoms with Crippen LogP contribution in [0.2, 0.25) is 5.15 Å². The van der Waals surface area contributed by atoms with Gasteiger partial charge in [-0.05, 0) is 16.0 Å². The number of tetrazole rings is 1. The van der Waals surface area contributed by atoms with E-state index in [1.165, 1.54) is 39.2 Å². The molecule has 0 aromatic carbocycles. The third-order valence-electron chi connectivity index (χ3n) is 4.39. The van der Waals surface area contributed by atoms with Crippen LogP contribution in [0.4, 0.5) is 0 Å². The fraction of sp³-hybridized carbons (Fsp3) is 0.400. The number of carbonyl (C=O) groups excluding carboxylic acids is 2. The molecule has 0 aliphatic carbocycles. The van der Waals surface area contributed by atoms with E-state index in [0.717, 1.165) is 0 Å². The number of halogens is 1. The summed E-state index contributed by atoms with van der Waals surface area (Å²) in [7, 11) is 1.68. The van der Waals surface area contributed by atoms with Crippen molar-refractivity contribution in [2.75, 3.05) is 11.5 Å². The third-order valence-corrected chi connectivity index (χ3v) is 7.00. The highest BCUT2D eigenvalue weighted by Gasteiger charge is 2.54. The molecule has 1 unspecified atom stereocenters. The van der Waals surface area contributed by atoms with Crippen molar-refractivity contribution >= 4 is 52.9 Å². The van der Waals surface area contributed by atoms with Gasteiger partial charge in [0.05, 0.1) is 6.42 Å². The number of carboxylic acid groups (broad SMARTS) is 1. The Morgan fingerprint density at radius 1 is 1.50 bits per heavy atom. The Kier molecular flexibility index (Phi) is 5.71. The predicted molar refractivity (Wildman–Crippen MR) is 104 cm³/mol. The highest BCUT2D eigenvalue weighted by Crippen LogP contribution is 2.41. The molecular formula is C15H14ClN7O5S2. The second kappa shape index (κ2) is 8.28. The molecule has 0 spiro atoms. The molecule has 2 amide bonds. The number of hydrogen-bond donors (Lipinski definition) is 2. The summed E-state index contributed by atoms with van der Waals surface area (Å²) in [6, 6.07) is 0.597. The summed E-state index contributed by atoms with van der Waals surface area (Å²) in [5, 5.41) is 27.1. The largest absolute Gasteiger partial charge is 0.477 e. The molecule has 12 nitrogen and oxygen atoms in total. The predicted octanol–water partition coefficient (Wildman–Crippen LogP) is -0.0751. The standard InChI is InChI=1S/C15H14ClN7O5S2/c1-22-15(18-20-21-22)30-5-6-4-29-13-10(12(25)23(13)11(6)14(26)27)17-9(24)3-7-2-8(16)19-28-7/h2,10,13H,3-5H2,1H3,(H,17,24)(H,26,27)/t10?,13-/m1/s1. The van der Waals surface area contributed by atoms with E-state index >= 15 is 0 Å². The number of fused-ring (bicyclic) bond motifs is 1. The molecule has 15 heteroatoms. The lowest BCUT2D eigenvalue weighted by Gasteiger charge is -2.49. The highest BCUT2D eigenvalue weighted by atomic mass is 35.5. The Balaban J connectivity index is 1.44. The van der Waals surface area contributed by atoms with Crippen LogP contribution >= 0.6 is 35.1 Å². The molecule has 2 aromatic heterocycles. The number of hydrogen-bond acceptors (Lipinski definition) is 10. The molecule has 2 aliphatic heterocycles. The summed E-state index contributed by atoms with van der Waals surface area (Å²) in [5.41, 5.74) is 0.532. The molecule has 0 radical (unpaired) electrons. The van der Waals surface area contributed by atoms with E-state index in [0.29, 0.717) is 22.2 Å². The summed E-state index contributed by atoms with van der Waals surface area (Å²) in [5.74, 6) is -1.13. The van der Waals surface area contributed by atoms with Crippen molar-refractivity contribution < 1.29 is 24.0 Å². The lowest BCUT2D eigenvalue weighted by molar-refractivity contribution is -0.150. The molecular weight excluding hydrogens is 458 g/mol. The summed E-state index contributed by atoms with van der Waals surface area (Å²) in [6.45, 7) is 0. The van der Waals surface area contributed by atoms with Gasteiger partial charge in [0.2, 0.25) is 11.1 Å². The van der Waals surface area contributed by atoms with Crippen LogP contribution in [0.3, 0.4) is 0 Å². The lowest BCUT2D eigenvalue weighted by Crippen LogP contribution is -2.70. The molecule has 1 fully saturated rings. The van der Waals surface area contributed by atoms with Gasteiger partial charge >= 0.3 is 5.97 Å². The van der Waals surface area contributed by atoms with Crippen LogP contribution in [0.25, 0.3) is 0 Å². The zero-order valence-electron chi connectivity index (χ0n) is 15.3. The van der Waals surface area contributed by atoms with Gasteiger partial charge in [0.1, 0.15) is 22.9 Å². The number of thioether (sulfide) groups is 2. The molecule has 2 aromatic rings. The number of carboxylic acids is 1.